The molecule has 0 saturated heterocycles. The van der Waals surface area contributed by atoms with Crippen molar-refractivity contribution in [2.45, 2.75) is 45.8 Å². The predicted molar refractivity (Wildman–Crippen MR) is 150 cm³/mol. The molecule has 11 heteroatoms. The van der Waals surface area contributed by atoms with Crippen molar-refractivity contribution >= 4 is 40.0 Å². The van der Waals surface area contributed by atoms with Gasteiger partial charge in [-0.25, -0.2) is 4.39 Å². The third kappa shape index (κ3) is 5.55. The molecule has 0 spiro atoms. The van der Waals surface area contributed by atoms with E-state index in [4.69, 9.17) is 4.74 Å². The first-order valence-corrected chi connectivity index (χ1v) is 13.8. The molecular formula is C29H30FN5O4S. The van der Waals surface area contributed by atoms with Gasteiger partial charge in [-0.05, 0) is 60.7 Å². The molecule has 0 bridgehead atoms. The van der Waals surface area contributed by atoms with Crippen LogP contribution in [0.1, 0.15) is 54.9 Å². The summed E-state index contributed by atoms with van der Waals surface area (Å²) in [5.41, 5.74) is 3.62. The molecule has 1 aliphatic heterocycles. The van der Waals surface area contributed by atoms with E-state index in [2.05, 4.69) is 20.8 Å². The van der Waals surface area contributed by atoms with Gasteiger partial charge in [0.2, 0.25) is 5.91 Å². The van der Waals surface area contributed by atoms with Crippen molar-refractivity contribution in [2.24, 2.45) is 0 Å². The van der Waals surface area contributed by atoms with Gasteiger partial charge in [-0.3, -0.25) is 19.5 Å². The maximum atomic E-state index is 13.6. The fraction of sp³-hybridized carbons (Fsp3) is 0.310. The van der Waals surface area contributed by atoms with Crippen LogP contribution in [0.5, 0.6) is 5.75 Å². The van der Waals surface area contributed by atoms with Crippen LogP contribution in [-0.2, 0) is 24.3 Å². The monoisotopic (exact) mass is 563 g/mol. The molecule has 3 heterocycles. The normalized spacial score (nSPS) is 13.6. The number of fused-ring (bicyclic) bond motifs is 2. The van der Waals surface area contributed by atoms with Crippen LogP contribution < -0.4 is 15.4 Å². The Balaban J connectivity index is 1.24. The number of benzene rings is 2. The van der Waals surface area contributed by atoms with Gasteiger partial charge in [0.05, 0.1) is 29.3 Å². The first kappa shape index (κ1) is 27.3. The van der Waals surface area contributed by atoms with Crippen LogP contribution in [0.25, 0.3) is 10.9 Å². The van der Waals surface area contributed by atoms with E-state index in [0.717, 1.165) is 32.5 Å². The molecule has 208 valence electrons. The van der Waals surface area contributed by atoms with Gasteiger partial charge in [0.1, 0.15) is 17.6 Å². The maximum Gasteiger partial charge on any atom is 0.261 e. The van der Waals surface area contributed by atoms with Gasteiger partial charge >= 0.3 is 0 Å². The van der Waals surface area contributed by atoms with E-state index in [1.54, 1.807) is 29.3 Å². The highest BCUT2D eigenvalue weighted by molar-refractivity contribution is 7.14. The van der Waals surface area contributed by atoms with Crippen LogP contribution >= 0.6 is 11.3 Å². The van der Waals surface area contributed by atoms with Crippen LogP contribution in [-0.4, -0.2) is 52.5 Å². The number of carbonyl (C=O) groups is 3. The van der Waals surface area contributed by atoms with Gasteiger partial charge in [-0.2, -0.15) is 5.10 Å². The lowest BCUT2D eigenvalue weighted by Crippen LogP contribution is -2.49. The summed E-state index contributed by atoms with van der Waals surface area (Å²) >= 11 is 1.41. The lowest BCUT2D eigenvalue weighted by atomic mass is 10.1. The summed E-state index contributed by atoms with van der Waals surface area (Å²) in [6.45, 7) is 4.80. The second-order valence-corrected chi connectivity index (χ2v) is 10.9. The van der Waals surface area contributed by atoms with E-state index < -0.39 is 11.9 Å². The Morgan fingerprint density at radius 1 is 1.20 bits per heavy atom. The Morgan fingerprint density at radius 3 is 2.80 bits per heavy atom. The van der Waals surface area contributed by atoms with Crippen LogP contribution in [0.4, 0.5) is 4.39 Å². The molecule has 5 rings (SSSR count). The number of nitrogens with zero attached hydrogens (tertiary/aromatic N) is 2. The van der Waals surface area contributed by atoms with Gasteiger partial charge in [0.15, 0.2) is 0 Å². The van der Waals surface area contributed by atoms with Crippen LogP contribution in [0.3, 0.4) is 0 Å². The molecular weight excluding hydrogens is 533 g/mol. The highest BCUT2D eigenvalue weighted by Gasteiger charge is 2.30. The SMILES string of the molecule is CC[C@@H](NC(=O)c1cc2cn[nH]c2cc1OC)C(=O)N1CCc2sc(C(=O)NCc3cc(F)ccc3C)cc2C1. The molecule has 1 atom stereocenters. The van der Waals surface area contributed by atoms with Gasteiger partial charge in [0, 0.05) is 36.0 Å². The topological polar surface area (TPSA) is 116 Å². The number of aromatic nitrogens is 2. The molecule has 0 saturated carbocycles. The zero-order valence-corrected chi connectivity index (χ0v) is 23.3. The summed E-state index contributed by atoms with van der Waals surface area (Å²) in [6.07, 6.45) is 2.66. The lowest BCUT2D eigenvalue weighted by Gasteiger charge is -2.30. The first-order chi connectivity index (χ1) is 19.3. The minimum absolute atomic E-state index is 0.177. The fourth-order valence-corrected chi connectivity index (χ4v) is 5.92. The van der Waals surface area contributed by atoms with Crippen molar-refractivity contribution in [3.63, 3.8) is 0 Å². The second kappa shape index (κ2) is 11.5. The molecule has 0 radical (unpaired) electrons. The smallest absolute Gasteiger partial charge is 0.261 e. The predicted octanol–water partition coefficient (Wildman–Crippen LogP) is 4.10. The van der Waals surface area contributed by atoms with Crippen molar-refractivity contribution in [3.8, 4) is 5.75 Å². The second-order valence-electron chi connectivity index (χ2n) is 9.77. The average molecular weight is 564 g/mol. The van der Waals surface area contributed by atoms with Crippen molar-refractivity contribution < 1.29 is 23.5 Å². The maximum absolute atomic E-state index is 13.6. The van der Waals surface area contributed by atoms with E-state index in [0.29, 0.717) is 42.1 Å². The Labute approximate surface area is 234 Å². The zero-order chi connectivity index (χ0) is 28.4. The molecule has 0 fully saturated rings. The summed E-state index contributed by atoms with van der Waals surface area (Å²) < 4.78 is 19.0. The van der Waals surface area contributed by atoms with Crippen molar-refractivity contribution in [2.75, 3.05) is 13.7 Å². The number of H-pyrrole nitrogens is 1. The molecule has 4 aromatic rings. The van der Waals surface area contributed by atoms with Crippen LogP contribution in [0.15, 0.2) is 42.6 Å². The quantitative estimate of drug-likeness (QED) is 0.299. The largest absolute Gasteiger partial charge is 0.496 e. The standard InChI is InChI=1S/C29H30FN5O4S/c1-4-22(33-27(36)21-10-18-14-32-34-23(18)12-24(21)39-3)29(38)35-8-7-25-19(15-35)11-26(40-25)28(37)31-13-17-9-20(30)6-5-16(17)2/h5-6,9-12,14,22H,4,7-8,13,15H2,1-3H3,(H,31,37)(H,32,34)(H,33,36)/t22-/m1/s1. The number of carbonyl (C=O) groups excluding carboxylic acids is 3. The number of aryl methyl sites for hydroxylation is 1. The Hall–Kier alpha value is -4.25. The fourth-order valence-electron chi connectivity index (χ4n) is 4.84. The minimum Gasteiger partial charge on any atom is -0.496 e. The van der Waals surface area contributed by atoms with Crippen molar-refractivity contribution in [3.05, 3.63) is 80.4 Å². The van der Waals surface area contributed by atoms with E-state index in [9.17, 15) is 18.8 Å². The van der Waals surface area contributed by atoms with Gasteiger partial charge in [-0.15, -0.1) is 11.3 Å². The number of hydrogen-bond acceptors (Lipinski definition) is 6. The Morgan fingerprint density at radius 2 is 2.02 bits per heavy atom. The molecule has 0 unspecified atom stereocenters. The number of aromatic amines is 1. The number of hydrogen-bond donors (Lipinski definition) is 3. The number of halogens is 1. The molecule has 3 N–H and O–H groups in total. The number of thiophene rings is 1. The first-order valence-electron chi connectivity index (χ1n) is 13.0. The third-order valence-corrected chi connectivity index (χ3v) is 8.41. The van der Waals surface area contributed by atoms with Crippen molar-refractivity contribution in [1.29, 1.82) is 0 Å². The number of amides is 3. The van der Waals surface area contributed by atoms with Gasteiger partial charge in [0.25, 0.3) is 11.8 Å². The molecule has 40 heavy (non-hydrogen) atoms. The molecule has 0 aliphatic carbocycles. The van der Waals surface area contributed by atoms with Gasteiger partial charge < -0.3 is 20.3 Å². The number of methoxy groups -OCH3 is 1. The number of rotatable bonds is 8. The lowest BCUT2D eigenvalue weighted by molar-refractivity contribution is -0.134. The summed E-state index contributed by atoms with van der Waals surface area (Å²) in [6, 6.07) is 9.00. The van der Waals surface area contributed by atoms with Crippen molar-refractivity contribution in [1.82, 2.24) is 25.7 Å². The minimum atomic E-state index is -0.713. The number of nitrogens with one attached hydrogen (secondary N) is 3. The summed E-state index contributed by atoms with van der Waals surface area (Å²) in [7, 11) is 1.49. The van der Waals surface area contributed by atoms with Crippen LogP contribution in [0, 0.1) is 12.7 Å². The Bertz CT molecular complexity index is 1600. The van der Waals surface area contributed by atoms with E-state index in [1.165, 1.54) is 30.6 Å². The highest BCUT2D eigenvalue weighted by Crippen LogP contribution is 2.29. The summed E-state index contributed by atoms with van der Waals surface area (Å²) in [4.78, 5) is 42.8. The summed E-state index contributed by atoms with van der Waals surface area (Å²) in [5.74, 6) is -0.769. The molecule has 3 amide bonds. The van der Waals surface area contributed by atoms with E-state index in [1.807, 2.05) is 19.9 Å². The molecule has 2 aromatic carbocycles. The van der Waals surface area contributed by atoms with Gasteiger partial charge in [-0.1, -0.05) is 13.0 Å². The summed E-state index contributed by atoms with van der Waals surface area (Å²) in [5, 5.41) is 13.3. The molecule has 2 aromatic heterocycles. The molecule has 1 aliphatic rings. The zero-order valence-electron chi connectivity index (χ0n) is 22.5. The van der Waals surface area contributed by atoms with Crippen LogP contribution in [0.2, 0.25) is 0 Å². The average Bonchev–Trinajstić information content (AvgIpc) is 3.61. The Kier molecular flexibility index (Phi) is 7.83. The number of ether oxygens (including phenoxy) is 1. The van der Waals surface area contributed by atoms with E-state index in [-0.39, 0.29) is 24.2 Å². The molecule has 9 nitrogen and oxygen atoms in total. The third-order valence-electron chi connectivity index (χ3n) is 7.17. The highest BCUT2D eigenvalue weighted by atomic mass is 32.1. The van der Waals surface area contributed by atoms with E-state index >= 15 is 0 Å².